The van der Waals surface area contributed by atoms with E-state index in [1.54, 1.807) is 0 Å². The Kier molecular flexibility index (Phi) is 3.00. The maximum Gasteiger partial charge on any atom is 0.0352 e. The Morgan fingerprint density at radius 3 is 2.04 bits per heavy atom. The molecule has 2 heterocycles. The van der Waals surface area contributed by atoms with Crippen LogP contribution in [0.1, 0.15) is 11.8 Å². The summed E-state index contributed by atoms with van der Waals surface area (Å²) in [6.45, 7) is 2.23. The maximum atomic E-state index is 2.40. The summed E-state index contributed by atoms with van der Waals surface area (Å²) in [5.41, 5.74) is 0. The molecule has 2 aromatic heterocycles. The normalized spacial score (nSPS) is 12.2. The van der Waals surface area contributed by atoms with Crippen LogP contribution in [-0.4, -0.2) is 0 Å². The maximum absolute atomic E-state index is 2.40. The van der Waals surface area contributed by atoms with Crippen LogP contribution < -0.4 is 0 Å². The highest BCUT2D eigenvalue weighted by molar-refractivity contribution is 7.19. The zero-order valence-corrected chi connectivity index (χ0v) is 16.0. The van der Waals surface area contributed by atoms with Crippen LogP contribution >= 0.6 is 22.7 Å². The monoisotopic (exact) mass is 368 g/mol. The van der Waals surface area contributed by atoms with Crippen molar-refractivity contribution >= 4 is 75.2 Å². The molecule has 0 saturated carbocycles. The molecule has 0 aliphatic rings. The first kappa shape index (κ1) is 14.7. The van der Waals surface area contributed by atoms with Crippen LogP contribution in [-0.2, 0) is 6.42 Å². The van der Waals surface area contributed by atoms with E-state index >= 15 is 0 Å². The molecule has 0 aliphatic carbocycles. The fourth-order valence-corrected chi connectivity index (χ4v) is 5.93. The summed E-state index contributed by atoms with van der Waals surface area (Å²) in [6, 6.07) is 23.2. The first-order chi connectivity index (χ1) is 12.8. The molecular formula is C24H16S2. The molecule has 0 spiro atoms. The van der Waals surface area contributed by atoms with Gasteiger partial charge in [-0.1, -0.05) is 31.2 Å². The zero-order valence-electron chi connectivity index (χ0n) is 14.4. The number of thiophene rings is 2. The van der Waals surface area contributed by atoms with Crippen LogP contribution in [0.4, 0.5) is 0 Å². The van der Waals surface area contributed by atoms with E-state index in [0.717, 1.165) is 6.42 Å². The summed E-state index contributed by atoms with van der Waals surface area (Å²) in [7, 11) is 0. The lowest BCUT2D eigenvalue weighted by atomic mass is 9.96. The number of hydrogen-bond acceptors (Lipinski definition) is 2. The van der Waals surface area contributed by atoms with Gasteiger partial charge in [0.2, 0.25) is 0 Å². The fraction of sp³-hybridized carbons (Fsp3) is 0.0833. The van der Waals surface area contributed by atoms with Gasteiger partial charge in [-0.05, 0) is 91.3 Å². The largest absolute Gasteiger partial charge is 0.144 e. The van der Waals surface area contributed by atoms with Gasteiger partial charge in [0.05, 0.1) is 0 Å². The Morgan fingerprint density at radius 2 is 1.31 bits per heavy atom. The molecule has 0 amide bonds. The minimum absolute atomic E-state index is 1.11. The quantitative estimate of drug-likeness (QED) is 0.257. The van der Waals surface area contributed by atoms with Crippen molar-refractivity contribution in [3.8, 4) is 0 Å². The summed E-state index contributed by atoms with van der Waals surface area (Å²) in [5, 5.41) is 13.0. The van der Waals surface area contributed by atoms with E-state index in [0.29, 0.717) is 0 Å². The second kappa shape index (κ2) is 5.29. The minimum Gasteiger partial charge on any atom is -0.144 e. The number of rotatable bonds is 1. The highest BCUT2D eigenvalue weighted by Gasteiger charge is 2.09. The number of benzene rings is 4. The van der Waals surface area contributed by atoms with Gasteiger partial charge < -0.3 is 0 Å². The smallest absolute Gasteiger partial charge is 0.0352 e. The van der Waals surface area contributed by atoms with E-state index in [2.05, 4.69) is 73.0 Å². The predicted molar refractivity (Wildman–Crippen MR) is 119 cm³/mol. The lowest BCUT2D eigenvalue weighted by molar-refractivity contribution is 1.19. The lowest BCUT2D eigenvalue weighted by Crippen LogP contribution is -1.81. The molecule has 6 aromatic rings. The molecule has 0 aliphatic heterocycles. The molecule has 0 fully saturated rings. The van der Waals surface area contributed by atoms with Crippen molar-refractivity contribution in [1.29, 1.82) is 0 Å². The molecule has 0 N–H and O–H groups in total. The molecule has 0 bridgehead atoms. The highest BCUT2D eigenvalue weighted by Crippen LogP contribution is 2.37. The van der Waals surface area contributed by atoms with Gasteiger partial charge in [-0.25, -0.2) is 0 Å². The average molecular weight is 369 g/mol. The third kappa shape index (κ3) is 2.00. The van der Waals surface area contributed by atoms with E-state index in [9.17, 15) is 0 Å². The molecule has 0 nitrogen and oxygen atoms in total. The van der Waals surface area contributed by atoms with Crippen LogP contribution in [0.2, 0.25) is 0 Å². The van der Waals surface area contributed by atoms with Gasteiger partial charge >= 0.3 is 0 Å². The van der Waals surface area contributed by atoms with Gasteiger partial charge in [0.25, 0.3) is 0 Å². The highest BCUT2D eigenvalue weighted by atomic mass is 32.1. The van der Waals surface area contributed by atoms with E-state index in [4.69, 9.17) is 0 Å². The van der Waals surface area contributed by atoms with Crippen molar-refractivity contribution in [1.82, 2.24) is 0 Å². The van der Waals surface area contributed by atoms with E-state index in [1.807, 2.05) is 22.7 Å². The molecule has 124 valence electrons. The van der Waals surface area contributed by atoms with Crippen molar-refractivity contribution in [2.75, 3.05) is 0 Å². The molecule has 0 unspecified atom stereocenters. The van der Waals surface area contributed by atoms with Crippen molar-refractivity contribution in [2.24, 2.45) is 0 Å². The van der Waals surface area contributed by atoms with Gasteiger partial charge in [-0.3, -0.25) is 0 Å². The Morgan fingerprint density at radius 1 is 0.615 bits per heavy atom. The molecule has 26 heavy (non-hydrogen) atoms. The Bertz CT molecular complexity index is 1460. The minimum atomic E-state index is 1.11. The molecular weight excluding hydrogens is 352 g/mol. The third-order valence-corrected chi connectivity index (χ3v) is 7.56. The lowest BCUT2D eigenvalue weighted by Gasteiger charge is -2.08. The first-order valence-electron chi connectivity index (χ1n) is 8.99. The standard InChI is InChI=1S/C24H16S2/c1-2-18-11-17-10-15-4-6-19-20(22(15)13-24(17)26-18)5-3-14-9-16-7-8-25-23(16)12-21(14)19/h3-13H,2H2,1H3. The van der Waals surface area contributed by atoms with Crippen LogP contribution in [0.15, 0.2) is 66.0 Å². The van der Waals surface area contributed by atoms with Crippen LogP contribution in [0.3, 0.4) is 0 Å². The predicted octanol–water partition coefficient (Wildman–Crippen LogP) is 8.14. The summed E-state index contributed by atoms with van der Waals surface area (Å²) >= 11 is 3.75. The van der Waals surface area contributed by atoms with Crippen LogP contribution in [0.5, 0.6) is 0 Å². The summed E-state index contributed by atoms with van der Waals surface area (Å²) in [4.78, 5) is 1.46. The first-order valence-corrected chi connectivity index (χ1v) is 10.7. The topological polar surface area (TPSA) is 0 Å². The van der Waals surface area contributed by atoms with Gasteiger partial charge in [-0.15, -0.1) is 22.7 Å². The van der Waals surface area contributed by atoms with Crippen molar-refractivity contribution in [2.45, 2.75) is 13.3 Å². The van der Waals surface area contributed by atoms with Crippen LogP contribution in [0.25, 0.3) is 52.5 Å². The Balaban J connectivity index is 1.77. The number of aryl methyl sites for hydroxylation is 1. The van der Waals surface area contributed by atoms with E-state index in [1.165, 1.54) is 57.4 Å². The molecule has 6 rings (SSSR count). The third-order valence-electron chi connectivity index (χ3n) is 5.44. The van der Waals surface area contributed by atoms with Crippen LogP contribution in [0, 0.1) is 0 Å². The van der Waals surface area contributed by atoms with E-state index < -0.39 is 0 Å². The van der Waals surface area contributed by atoms with Gasteiger partial charge in [0.15, 0.2) is 0 Å². The molecule has 0 saturated heterocycles. The zero-order chi connectivity index (χ0) is 17.3. The van der Waals surface area contributed by atoms with Crippen molar-refractivity contribution in [3.63, 3.8) is 0 Å². The fourth-order valence-electron chi connectivity index (χ4n) is 4.10. The Hall–Kier alpha value is -2.42. The average Bonchev–Trinajstić information content (AvgIpc) is 3.29. The van der Waals surface area contributed by atoms with Crippen molar-refractivity contribution < 1.29 is 0 Å². The summed E-state index contributed by atoms with van der Waals surface area (Å²) < 4.78 is 2.77. The molecule has 0 radical (unpaired) electrons. The second-order valence-electron chi connectivity index (χ2n) is 6.94. The number of fused-ring (bicyclic) bond motifs is 7. The SMILES string of the molecule is CCc1cc2cc3ccc4c5cc6sccc6cc5ccc4c3cc2s1. The number of hydrogen-bond donors (Lipinski definition) is 0. The summed E-state index contributed by atoms with van der Waals surface area (Å²) in [5.74, 6) is 0. The van der Waals surface area contributed by atoms with Gasteiger partial charge in [-0.2, -0.15) is 0 Å². The summed E-state index contributed by atoms with van der Waals surface area (Å²) in [6.07, 6.45) is 1.11. The molecule has 0 atom stereocenters. The van der Waals surface area contributed by atoms with E-state index in [-0.39, 0.29) is 0 Å². The molecule has 2 heteroatoms. The van der Waals surface area contributed by atoms with Crippen molar-refractivity contribution in [3.05, 3.63) is 70.9 Å². The van der Waals surface area contributed by atoms with Gasteiger partial charge in [0.1, 0.15) is 0 Å². The van der Waals surface area contributed by atoms with Gasteiger partial charge in [0, 0.05) is 14.3 Å². The molecule has 4 aromatic carbocycles. The second-order valence-corrected chi connectivity index (χ2v) is 9.05. The Labute approximate surface area is 159 Å².